The molecule has 0 radical (unpaired) electrons. The van der Waals surface area contributed by atoms with Crippen LogP contribution in [0, 0.1) is 6.92 Å². The Morgan fingerprint density at radius 2 is 0.877 bits per heavy atom. The Kier molecular flexibility index (Phi) is 6.73. The minimum atomic E-state index is -0.414. The van der Waals surface area contributed by atoms with Crippen molar-refractivity contribution in [1.82, 2.24) is 19.5 Å². The molecule has 2 aliphatic carbocycles. The smallest absolute Gasteiger partial charge is 0.164 e. The first-order chi connectivity index (χ1) is 28.2. The van der Waals surface area contributed by atoms with Gasteiger partial charge in [0.15, 0.2) is 17.5 Å². The maximum Gasteiger partial charge on any atom is 0.164 e. The van der Waals surface area contributed by atoms with Crippen LogP contribution in [0.1, 0.15) is 27.8 Å². The van der Waals surface area contributed by atoms with Gasteiger partial charge in [-0.25, -0.2) is 15.0 Å². The highest BCUT2D eigenvalue weighted by Gasteiger charge is 2.52. The Morgan fingerprint density at radius 3 is 1.51 bits per heavy atom. The highest BCUT2D eigenvalue weighted by atomic mass is 15.0. The molecule has 0 saturated heterocycles. The van der Waals surface area contributed by atoms with Crippen LogP contribution in [0.5, 0.6) is 0 Å². The third-order valence-electron chi connectivity index (χ3n) is 12.2. The van der Waals surface area contributed by atoms with E-state index in [1.54, 1.807) is 0 Å². The summed E-state index contributed by atoms with van der Waals surface area (Å²) < 4.78 is 2.47. The minimum absolute atomic E-state index is 0.414. The van der Waals surface area contributed by atoms with Gasteiger partial charge in [-0.05, 0) is 76.2 Å². The molecule has 0 atom stereocenters. The highest BCUT2D eigenvalue weighted by molar-refractivity contribution is 6.16. The molecule has 1 spiro atoms. The van der Waals surface area contributed by atoms with Crippen molar-refractivity contribution in [2.24, 2.45) is 0 Å². The Labute approximate surface area is 330 Å². The standard InChI is InChI=1S/C53H34N4/c1-33-23-25-35(26-24-33)51-54-50(34-13-3-2-4-14-34)55-52(56-51)36-27-29-37(30-28-36)57-47-22-12-8-17-40(47)41-31-32-46-48(49(41)57)42-18-7-11-21-45(42)53(46)43-19-9-5-15-38(43)39-16-6-10-20-44(39)53/h2-32H,1H3. The summed E-state index contributed by atoms with van der Waals surface area (Å²) in [5, 5.41) is 2.48. The van der Waals surface area contributed by atoms with Gasteiger partial charge in [-0.2, -0.15) is 0 Å². The first-order valence-corrected chi connectivity index (χ1v) is 19.5. The fourth-order valence-electron chi connectivity index (χ4n) is 9.71. The number of para-hydroxylation sites is 1. The number of benzene rings is 8. The summed E-state index contributed by atoms with van der Waals surface area (Å²) in [6.45, 7) is 2.09. The van der Waals surface area contributed by atoms with E-state index >= 15 is 0 Å². The van der Waals surface area contributed by atoms with Gasteiger partial charge in [0.05, 0.1) is 16.4 Å². The monoisotopic (exact) mass is 726 g/mol. The zero-order valence-electron chi connectivity index (χ0n) is 31.2. The second-order valence-corrected chi connectivity index (χ2v) is 15.2. The van der Waals surface area contributed by atoms with Crippen LogP contribution in [-0.4, -0.2) is 19.5 Å². The van der Waals surface area contributed by atoms with E-state index in [1.807, 2.05) is 30.3 Å². The number of hydrogen-bond donors (Lipinski definition) is 0. The average Bonchev–Trinajstić information content (AvgIpc) is 3.89. The molecule has 0 unspecified atom stereocenters. The summed E-state index contributed by atoms with van der Waals surface area (Å²) >= 11 is 0. The predicted octanol–water partition coefficient (Wildman–Crippen LogP) is 12.6. The normalized spacial score (nSPS) is 13.1. The van der Waals surface area contributed by atoms with Crippen LogP contribution in [0.3, 0.4) is 0 Å². The van der Waals surface area contributed by atoms with Crippen molar-refractivity contribution in [1.29, 1.82) is 0 Å². The molecule has 0 bridgehead atoms. The third kappa shape index (κ3) is 4.47. The van der Waals surface area contributed by atoms with Crippen LogP contribution < -0.4 is 0 Å². The lowest BCUT2D eigenvalue weighted by molar-refractivity contribution is 0.794. The van der Waals surface area contributed by atoms with Crippen molar-refractivity contribution in [3.05, 3.63) is 216 Å². The first kappa shape index (κ1) is 31.9. The summed E-state index contributed by atoms with van der Waals surface area (Å²) in [7, 11) is 0. The van der Waals surface area contributed by atoms with Crippen molar-refractivity contribution < 1.29 is 0 Å². The van der Waals surface area contributed by atoms with Crippen molar-refractivity contribution >= 4 is 21.8 Å². The van der Waals surface area contributed by atoms with Gasteiger partial charge in [0, 0.05) is 38.7 Å². The maximum absolute atomic E-state index is 5.04. The summed E-state index contributed by atoms with van der Waals surface area (Å²) in [6.07, 6.45) is 0. The molecule has 2 heterocycles. The molecule has 0 aliphatic heterocycles. The molecule has 2 aromatic heterocycles. The number of nitrogens with zero attached hydrogens (tertiary/aromatic N) is 4. The van der Waals surface area contributed by atoms with E-state index in [0.717, 1.165) is 22.4 Å². The Morgan fingerprint density at radius 1 is 0.386 bits per heavy atom. The molecule has 0 fully saturated rings. The van der Waals surface area contributed by atoms with E-state index in [0.29, 0.717) is 17.5 Å². The summed E-state index contributed by atoms with van der Waals surface area (Å²) in [4.78, 5) is 15.0. The predicted molar refractivity (Wildman–Crippen MR) is 232 cm³/mol. The van der Waals surface area contributed by atoms with Crippen LogP contribution in [-0.2, 0) is 5.41 Å². The zero-order valence-corrected chi connectivity index (χ0v) is 31.2. The molecule has 266 valence electrons. The molecule has 8 aromatic carbocycles. The maximum atomic E-state index is 5.04. The first-order valence-electron chi connectivity index (χ1n) is 19.5. The molecule has 0 saturated carbocycles. The Bertz CT molecular complexity index is 3190. The van der Waals surface area contributed by atoms with E-state index in [4.69, 9.17) is 15.0 Å². The van der Waals surface area contributed by atoms with Gasteiger partial charge in [-0.15, -0.1) is 0 Å². The van der Waals surface area contributed by atoms with Crippen molar-refractivity contribution in [2.45, 2.75) is 12.3 Å². The third-order valence-corrected chi connectivity index (χ3v) is 12.2. The second kappa shape index (κ2) is 12.0. The fourth-order valence-corrected chi connectivity index (χ4v) is 9.71. The molecule has 0 amide bonds. The van der Waals surface area contributed by atoms with E-state index in [-0.39, 0.29) is 0 Å². The molecule has 4 nitrogen and oxygen atoms in total. The van der Waals surface area contributed by atoms with Crippen LogP contribution >= 0.6 is 0 Å². The topological polar surface area (TPSA) is 43.6 Å². The van der Waals surface area contributed by atoms with Crippen LogP contribution in [0.2, 0.25) is 0 Å². The quantitative estimate of drug-likeness (QED) is 0.181. The van der Waals surface area contributed by atoms with Gasteiger partial charge < -0.3 is 4.57 Å². The van der Waals surface area contributed by atoms with E-state index in [9.17, 15) is 0 Å². The van der Waals surface area contributed by atoms with Gasteiger partial charge in [0.1, 0.15) is 0 Å². The lowest BCUT2D eigenvalue weighted by Crippen LogP contribution is -2.25. The van der Waals surface area contributed by atoms with Gasteiger partial charge in [0.25, 0.3) is 0 Å². The Hall–Kier alpha value is -7.43. The van der Waals surface area contributed by atoms with Crippen molar-refractivity contribution in [2.75, 3.05) is 0 Å². The average molecular weight is 727 g/mol. The molecule has 10 aromatic rings. The zero-order chi connectivity index (χ0) is 37.7. The number of fused-ring (bicyclic) bond motifs is 14. The fraction of sp³-hybridized carbons (Fsp3) is 0.0377. The van der Waals surface area contributed by atoms with E-state index < -0.39 is 5.41 Å². The van der Waals surface area contributed by atoms with Crippen LogP contribution in [0.15, 0.2) is 188 Å². The van der Waals surface area contributed by atoms with Crippen LogP contribution in [0.25, 0.3) is 83.9 Å². The second-order valence-electron chi connectivity index (χ2n) is 15.2. The summed E-state index contributed by atoms with van der Waals surface area (Å²) in [5.41, 5.74) is 17.7. The lowest BCUT2D eigenvalue weighted by Gasteiger charge is -2.30. The molecular formula is C53H34N4. The van der Waals surface area contributed by atoms with Crippen molar-refractivity contribution in [3.8, 4) is 62.1 Å². The number of rotatable bonds is 4. The van der Waals surface area contributed by atoms with Crippen molar-refractivity contribution in [3.63, 3.8) is 0 Å². The van der Waals surface area contributed by atoms with Gasteiger partial charge in [-0.1, -0.05) is 163 Å². The van der Waals surface area contributed by atoms with E-state index in [2.05, 4.69) is 169 Å². The largest absolute Gasteiger partial charge is 0.309 e. The SMILES string of the molecule is Cc1ccc(-c2nc(-c3ccccc3)nc(-c3ccc(-n4c5ccccc5c5ccc6c(c54)-c4ccccc4C64c5ccccc5-c5ccccc54)cc3)n2)cc1. The summed E-state index contributed by atoms with van der Waals surface area (Å²) in [5.74, 6) is 1.95. The Balaban J connectivity index is 1.09. The molecule has 12 rings (SSSR count). The van der Waals surface area contributed by atoms with Gasteiger partial charge in [-0.3, -0.25) is 0 Å². The molecule has 57 heavy (non-hydrogen) atoms. The number of aromatic nitrogens is 4. The molecular weight excluding hydrogens is 693 g/mol. The lowest BCUT2D eigenvalue weighted by atomic mass is 9.70. The number of aryl methyl sites for hydroxylation is 1. The van der Waals surface area contributed by atoms with Gasteiger partial charge in [0.2, 0.25) is 0 Å². The molecule has 4 heteroatoms. The highest BCUT2D eigenvalue weighted by Crippen LogP contribution is 2.64. The number of hydrogen-bond acceptors (Lipinski definition) is 3. The summed E-state index contributed by atoms with van der Waals surface area (Å²) in [6, 6.07) is 67.9. The van der Waals surface area contributed by atoms with Gasteiger partial charge >= 0.3 is 0 Å². The molecule has 2 aliphatic rings. The van der Waals surface area contributed by atoms with E-state index in [1.165, 1.54) is 71.9 Å². The van der Waals surface area contributed by atoms with Crippen LogP contribution in [0.4, 0.5) is 0 Å². The molecule has 0 N–H and O–H groups in total. The minimum Gasteiger partial charge on any atom is -0.309 e.